The number of rotatable bonds is 9. The molecule has 0 amide bonds. The molecule has 42 heavy (non-hydrogen) atoms. The topological polar surface area (TPSA) is 75.6 Å². The summed E-state index contributed by atoms with van der Waals surface area (Å²) in [6.07, 6.45) is 12.1. The molecule has 226 valence electrons. The largest absolute Gasteiger partial charge is 0.490 e. The lowest BCUT2D eigenvalue weighted by molar-refractivity contribution is -0.142. The average Bonchev–Trinajstić information content (AvgIpc) is 3.65. The molecule has 1 aliphatic heterocycles. The molecule has 4 aliphatic rings. The molecule has 2 aromatic rings. The van der Waals surface area contributed by atoms with E-state index in [1.807, 2.05) is 24.3 Å². The van der Waals surface area contributed by atoms with E-state index in [4.69, 9.17) is 4.74 Å². The molecule has 0 bridgehead atoms. The number of carbonyl (C=O) groups excluding carboxylic acids is 1. The van der Waals surface area contributed by atoms with E-state index < -0.39 is 11.4 Å². The molecule has 0 radical (unpaired) electrons. The third kappa shape index (κ3) is 5.40. The number of Topliss-reactive ketones (excluding diaryl/α,β-unsaturated/α-hetero) is 1. The van der Waals surface area contributed by atoms with Crippen LogP contribution in [0, 0.1) is 17.2 Å². The number of ketones is 1. The van der Waals surface area contributed by atoms with Gasteiger partial charge in [-0.05, 0) is 112 Å². The molecule has 0 aromatic heterocycles. The van der Waals surface area contributed by atoms with Crippen molar-refractivity contribution >= 4 is 11.8 Å². The first kappa shape index (κ1) is 29.3. The minimum Gasteiger partial charge on any atom is -0.490 e. The zero-order chi connectivity index (χ0) is 29.7. The van der Waals surface area contributed by atoms with Crippen LogP contribution in [0.4, 0.5) is 4.39 Å². The Morgan fingerprint density at radius 2 is 1.81 bits per heavy atom. The highest BCUT2D eigenvalue weighted by Crippen LogP contribution is 2.48. The lowest BCUT2D eigenvalue weighted by atomic mass is 9.75. The van der Waals surface area contributed by atoms with Crippen LogP contribution >= 0.6 is 0 Å². The third-order valence-corrected chi connectivity index (χ3v) is 11.2. The minimum atomic E-state index is -1.10. The molecule has 1 spiro atoms. The number of benzene rings is 2. The lowest BCUT2D eigenvalue weighted by Gasteiger charge is -2.30. The summed E-state index contributed by atoms with van der Waals surface area (Å²) in [6.45, 7) is 6.34. The van der Waals surface area contributed by atoms with E-state index in [2.05, 4.69) is 12.2 Å². The summed E-state index contributed by atoms with van der Waals surface area (Å²) >= 11 is 0. The van der Waals surface area contributed by atoms with Crippen LogP contribution in [0.2, 0.25) is 0 Å². The van der Waals surface area contributed by atoms with Crippen LogP contribution in [0.15, 0.2) is 36.4 Å². The monoisotopic (exact) mass is 575 g/mol. The molecule has 2 N–H and O–H groups in total. The van der Waals surface area contributed by atoms with Gasteiger partial charge in [0.15, 0.2) is 0 Å². The highest BCUT2D eigenvalue weighted by atomic mass is 19.1. The quantitative estimate of drug-likeness (QED) is 0.317. The molecular weight excluding hydrogens is 529 g/mol. The predicted molar refractivity (Wildman–Crippen MR) is 162 cm³/mol. The van der Waals surface area contributed by atoms with Crippen molar-refractivity contribution in [1.82, 2.24) is 5.32 Å². The van der Waals surface area contributed by atoms with Gasteiger partial charge < -0.3 is 15.2 Å². The van der Waals surface area contributed by atoms with Gasteiger partial charge in [-0.2, -0.15) is 0 Å². The summed E-state index contributed by atoms with van der Waals surface area (Å²) in [7, 11) is 0. The number of carboxylic acids is 1. The first-order valence-corrected chi connectivity index (χ1v) is 16.1. The predicted octanol–water partition coefficient (Wildman–Crippen LogP) is 7.94. The van der Waals surface area contributed by atoms with Gasteiger partial charge in [-0.15, -0.1) is 0 Å². The Labute approximate surface area is 249 Å². The summed E-state index contributed by atoms with van der Waals surface area (Å²) < 4.78 is 21.9. The first-order valence-electron chi connectivity index (χ1n) is 16.1. The molecule has 2 aromatic carbocycles. The van der Waals surface area contributed by atoms with E-state index in [-0.39, 0.29) is 28.8 Å². The van der Waals surface area contributed by atoms with E-state index in [1.54, 1.807) is 19.9 Å². The molecule has 5 nitrogen and oxygen atoms in total. The van der Waals surface area contributed by atoms with Crippen molar-refractivity contribution in [2.45, 2.75) is 121 Å². The van der Waals surface area contributed by atoms with Gasteiger partial charge in [0, 0.05) is 29.5 Å². The van der Waals surface area contributed by atoms with Crippen molar-refractivity contribution in [3.8, 4) is 16.9 Å². The second kappa shape index (κ2) is 11.1. The van der Waals surface area contributed by atoms with Crippen molar-refractivity contribution in [2.24, 2.45) is 11.3 Å². The van der Waals surface area contributed by atoms with Gasteiger partial charge in [0.2, 0.25) is 0 Å². The second-order valence-corrected chi connectivity index (χ2v) is 14.6. The van der Waals surface area contributed by atoms with Crippen LogP contribution in [0.25, 0.3) is 11.1 Å². The summed E-state index contributed by atoms with van der Waals surface area (Å²) in [6, 6.07) is 10.8. The standard InChI is InChI=1S/C36H46FNO4/c1-34(2,33(40)41)25-13-15-30(28(20-25)27-10-7-11-29(37)32(27)24-8-6-9-24)42-26-14-12-23(18-26)19-31(39)35(3)21-36(38-22-35)16-4-5-17-36/h7,10-11,13,15,20,23-24,26,38H,4-6,8-9,12,14,16-19,21-22H2,1-3H3,(H,40,41)/t23-,26-,35+/m1/s1. The number of hydrogen-bond donors (Lipinski definition) is 2. The molecule has 6 heteroatoms. The molecule has 1 saturated heterocycles. The summed E-state index contributed by atoms with van der Waals surface area (Å²) in [5, 5.41) is 13.7. The van der Waals surface area contributed by atoms with Gasteiger partial charge in [-0.25, -0.2) is 4.39 Å². The second-order valence-electron chi connectivity index (χ2n) is 14.6. The Balaban J connectivity index is 1.22. The number of hydrogen-bond acceptors (Lipinski definition) is 4. The van der Waals surface area contributed by atoms with E-state index in [9.17, 15) is 14.7 Å². The minimum absolute atomic E-state index is 0.0312. The molecule has 6 rings (SSSR count). The van der Waals surface area contributed by atoms with Gasteiger partial charge in [0.05, 0.1) is 11.5 Å². The number of halogens is 1. The SMILES string of the molecule is CC(C)(C(=O)O)c1ccc(O[C@@H]2CC[C@@H](CC(=O)[C@]3(C)CNC4(CCCC4)C3)C2)c(-c2cccc(F)c2C2CCC2)c1. The van der Waals surface area contributed by atoms with Gasteiger partial charge >= 0.3 is 5.97 Å². The zero-order valence-electron chi connectivity index (χ0n) is 25.4. The van der Waals surface area contributed by atoms with Crippen molar-refractivity contribution in [1.29, 1.82) is 0 Å². The normalized spacial score (nSPS) is 27.3. The van der Waals surface area contributed by atoms with Gasteiger partial charge in [0.1, 0.15) is 17.3 Å². The highest BCUT2D eigenvalue weighted by Gasteiger charge is 2.50. The smallest absolute Gasteiger partial charge is 0.313 e. The van der Waals surface area contributed by atoms with E-state index in [0.29, 0.717) is 35.0 Å². The number of carboxylic acid groups (broad SMARTS) is 1. The molecule has 3 aliphatic carbocycles. The average molecular weight is 576 g/mol. The van der Waals surface area contributed by atoms with Gasteiger partial charge in [0.25, 0.3) is 0 Å². The molecule has 1 heterocycles. The van der Waals surface area contributed by atoms with Crippen LogP contribution in [0.5, 0.6) is 5.75 Å². The maximum absolute atomic E-state index is 15.3. The van der Waals surface area contributed by atoms with Crippen molar-refractivity contribution in [2.75, 3.05) is 6.54 Å². The van der Waals surface area contributed by atoms with E-state index in [0.717, 1.165) is 62.6 Å². The lowest BCUT2D eigenvalue weighted by Crippen LogP contribution is -2.35. The Morgan fingerprint density at radius 1 is 1.05 bits per heavy atom. The van der Waals surface area contributed by atoms with Crippen LogP contribution < -0.4 is 10.1 Å². The third-order valence-electron chi connectivity index (χ3n) is 11.2. The number of carbonyl (C=O) groups is 2. The fraction of sp³-hybridized carbons (Fsp3) is 0.611. The Hall–Kier alpha value is -2.73. The molecule has 4 fully saturated rings. The highest BCUT2D eigenvalue weighted by molar-refractivity contribution is 5.85. The Bertz CT molecular complexity index is 1360. The fourth-order valence-corrected chi connectivity index (χ4v) is 8.11. The van der Waals surface area contributed by atoms with Gasteiger partial charge in [-0.3, -0.25) is 9.59 Å². The van der Waals surface area contributed by atoms with Gasteiger partial charge in [-0.1, -0.05) is 44.4 Å². The van der Waals surface area contributed by atoms with Crippen molar-refractivity contribution in [3.05, 3.63) is 53.3 Å². The number of ether oxygens (including phenoxy) is 1. The van der Waals surface area contributed by atoms with Crippen LogP contribution in [0.3, 0.4) is 0 Å². The fourth-order valence-electron chi connectivity index (χ4n) is 8.11. The van der Waals surface area contributed by atoms with Crippen LogP contribution in [0.1, 0.15) is 115 Å². The van der Waals surface area contributed by atoms with Crippen LogP contribution in [-0.4, -0.2) is 35.0 Å². The maximum Gasteiger partial charge on any atom is 0.313 e. The summed E-state index contributed by atoms with van der Waals surface area (Å²) in [4.78, 5) is 25.7. The van der Waals surface area contributed by atoms with E-state index >= 15 is 4.39 Å². The molecule has 3 saturated carbocycles. The summed E-state index contributed by atoms with van der Waals surface area (Å²) in [5.41, 5.74) is 1.73. The zero-order valence-corrected chi connectivity index (χ0v) is 25.4. The molecular formula is C36H46FNO4. The first-order chi connectivity index (χ1) is 20.0. The van der Waals surface area contributed by atoms with Crippen LogP contribution in [-0.2, 0) is 15.0 Å². The Kier molecular flexibility index (Phi) is 7.74. The number of aliphatic carboxylic acids is 1. The van der Waals surface area contributed by atoms with Crippen molar-refractivity contribution < 1.29 is 23.8 Å². The van der Waals surface area contributed by atoms with Crippen molar-refractivity contribution in [3.63, 3.8) is 0 Å². The molecule has 0 unspecified atom stereocenters. The maximum atomic E-state index is 15.3. The Morgan fingerprint density at radius 3 is 2.50 bits per heavy atom. The molecule has 3 atom stereocenters. The summed E-state index contributed by atoms with van der Waals surface area (Å²) in [5.74, 6) is 0.400. The number of nitrogens with one attached hydrogen (secondary N) is 1. The van der Waals surface area contributed by atoms with E-state index in [1.165, 1.54) is 31.7 Å².